The van der Waals surface area contributed by atoms with Crippen molar-refractivity contribution < 1.29 is 23.7 Å². The lowest BCUT2D eigenvalue weighted by Crippen LogP contribution is -2.14. The second-order valence-electron chi connectivity index (χ2n) is 7.60. The molecule has 0 aliphatic carbocycles. The second kappa shape index (κ2) is 10.5. The van der Waals surface area contributed by atoms with Gasteiger partial charge in [0.15, 0.2) is 4.80 Å². The van der Waals surface area contributed by atoms with Crippen molar-refractivity contribution in [2.24, 2.45) is 12.0 Å². The van der Waals surface area contributed by atoms with Crippen LogP contribution in [0.25, 0.3) is 21.7 Å². The minimum Gasteiger partial charge on any atom is -0.497 e. The van der Waals surface area contributed by atoms with Crippen LogP contribution in [0.2, 0.25) is 0 Å². The van der Waals surface area contributed by atoms with E-state index in [2.05, 4.69) is 4.99 Å². The van der Waals surface area contributed by atoms with E-state index in [1.165, 1.54) is 11.3 Å². The number of benzene rings is 3. The molecule has 4 aromatic rings. The zero-order chi connectivity index (χ0) is 24.9. The van der Waals surface area contributed by atoms with E-state index in [0.29, 0.717) is 21.9 Å². The maximum atomic E-state index is 13.1. The first kappa shape index (κ1) is 24.1. The minimum absolute atomic E-state index is 0.381. The molecule has 0 aliphatic rings. The summed E-state index contributed by atoms with van der Waals surface area (Å²) in [6.45, 7) is 0. The van der Waals surface area contributed by atoms with E-state index >= 15 is 0 Å². The molecule has 0 fully saturated rings. The molecule has 0 bridgehead atoms. The van der Waals surface area contributed by atoms with Crippen LogP contribution in [0.4, 0.5) is 0 Å². The van der Waals surface area contributed by atoms with E-state index in [1.807, 2.05) is 60.1 Å². The van der Waals surface area contributed by atoms with Crippen LogP contribution in [0.15, 0.2) is 71.7 Å². The van der Waals surface area contributed by atoms with Crippen LogP contribution in [0.1, 0.15) is 10.4 Å². The molecule has 1 amide bonds. The summed E-state index contributed by atoms with van der Waals surface area (Å²) in [5.74, 6) is 2.20. The molecule has 35 heavy (non-hydrogen) atoms. The number of aromatic nitrogens is 1. The maximum Gasteiger partial charge on any atom is 0.279 e. The topological polar surface area (TPSA) is 71.3 Å². The van der Waals surface area contributed by atoms with Crippen molar-refractivity contribution in [2.75, 3.05) is 28.4 Å². The van der Waals surface area contributed by atoms with Crippen LogP contribution in [-0.4, -0.2) is 38.9 Å². The average molecular weight is 491 g/mol. The monoisotopic (exact) mass is 490 g/mol. The van der Waals surface area contributed by atoms with Crippen molar-refractivity contribution in [1.29, 1.82) is 0 Å². The Kier molecular flexibility index (Phi) is 7.22. The highest BCUT2D eigenvalue weighted by molar-refractivity contribution is 7.13. The first-order valence-electron chi connectivity index (χ1n) is 10.8. The van der Waals surface area contributed by atoms with E-state index in [-0.39, 0.29) is 5.91 Å². The van der Waals surface area contributed by atoms with Crippen molar-refractivity contribution in [2.45, 2.75) is 0 Å². The molecule has 0 N–H and O–H groups in total. The number of rotatable bonds is 7. The number of ether oxygens (including phenoxy) is 4. The predicted molar refractivity (Wildman–Crippen MR) is 137 cm³/mol. The van der Waals surface area contributed by atoms with Crippen LogP contribution in [0.5, 0.6) is 23.0 Å². The van der Waals surface area contributed by atoms with E-state index in [4.69, 9.17) is 18.9 Å². The number of carbonyl (C=O) groups is 1. The quantitative estimate of drug-likeness (QED) is 0.356. The molecule has 3 aromatic carbocycles. The van der Waals surface area contributed by atoms with Gasteiger partial charge in [-0.25, -0.2) is 0 Å². The number of thiazole rings is 1. The molecule has 0 atom stereocenters. The molecule has 1 aromatic heterocycles. The normalized spacial score (nSPS) is 11.3. The van der Waals surface area contributed by atoms with E-state index in [0.717, 1.165) is 33.2 Å². The van der Waals surface area contributed by atoms with Crippen molar-refractivity contribution >= 4 is 17.2 Å². The Balaban J connectivity index is 1.87. The number of hydrogen-bond acceptors (Lipinski definition) is 6. The van der Waals surface area contributed by atoms with Gasteiger partial charge >= 0.3 is 0 Å². The van der Waals surface area contributed by atoms with Gasteiger partial charge in [0, 0.05) is 18.7 Å². The van der Waals surface area contributed by atoms with Crippen LogP contribution in [-0.2, 0) is 7.05 Å². The number of nitrogens with zero attached hydrogens (tertiary/aromatic N) is 2. The molecule has 0 aliphatic heterocycles. The van der Waals surface area contributed by atoms with Gasteiger partial charge in [-0.05, 0) is 71.8 Å². The van der Waals surface area contributed by atoms with Gasteiger partial charge in [0.05, 0.1) is 39.0 Å². The van der Waals surface area contributed by atoms with Gasteiger partial charge in [0.2, 0.25) is 0 Å². The third kappa shape index (κ3) is 5.07. The molecular formula is C27H26N2O5S. The van der Waals surface area contributed by atoms with Crippen LogP contribution in [0.3, 0.4) is 0 Å². The zero-order valence-electron chi connectivity index (χ0n) is 20.2. The van der Waals surface area contributed by atoms with Gasteiger partial charge in [-0.2, -0.15) is 4.99 Å². The molecule has 0 unspecified atom stereocenters. The molecular weight excluding hydrogens is 464 g/mol. The Morgan fingerprint density at radius 2 is 1.20 bits per heavy atom. The highest BCUT2D eigenvalue weighted by Gasteiger charge is 2.17. The summed E-state index contributed by atoms with van der Waals surface area (Å²) in [6, 6.07) is 20.6. The van der Waals surface area contributed by atoms with E-state index < -0.39 is 0 Å². The number of carbonyl (C=O) groups excluding carboxylic acids is 1. The number of methoxy groups -OCH3 is 4. The summed E-state index contributed by atoms with van der Waals surface area (Å²) in [6.07, 6.45) is 0. The molecule has 1 heterocycles. The second-order valence-corrected chi connectivity index (χ2v) is 8.57. The summed E-state index contributed by atoms with van der Waals surface area (Å²) in [7, 11) is 8.27. The highest BCUT2D eigenvalue weighted by Crippen LogP contribution is 2.36. The van der Waals surface area contributed by atoms with Crippen molar-refractivity contribution in [3.05, 3.63) is 77.1 Å². The van der Waals surface area contributed by atoms with Crippen molar-refractivity contribution in [3.63, 3.8) is 0 Å². The summed E-state index contributed by atoms with van der Waals surface area (Å²) < 4.78 is 23.2. The van der Waals surface area contributed by atoms with Gasteiger partial charge < -0.3 is 23.5 Å². The maximum absolute atomic E-state index is 13.1. The molecule has 8 heteroatoms. The Morgan fingerprint density at radius 3 is 1.69 bits per heavy atom. The van der Waals surface area contributed by atoms with E-state index in [1.54, 1.807) is 46.6 Å². The number of amides is 1. The predicted octanol–water partition coefficient (Wildman–Crippen LogP) is 5.20. The van der Waals surface area contributed by atoms with Crippen molar-refractivity contribution in [1.82, 2.24) is 4.57 Å². The van der Waals surface area contributed by atoms with Crippen molar-refractivity contribution in [3.8, 4) is 44.7 Å². The van der Waals surface area contributed by atoms with Gasteiger partial charge in [0.25, 0.3) is 5.91 Å². The fourth-order valence-corrected chi connectivity index (χ4v) is 4.79. The third-order valence-electron chi connectivity index (χ3n) is 5.54. The van der Waals surface area contributed by atoms with E-state index in [9.17, 15) is 4.79 Å². The van der Waals surface area contributed by atoms with Crippen LogP contribution >= 0.6 is 11.3 Å². The third-order valence-corrected chi connectivity index (χ3v) is 6.72. The Morgan fingerprint density at radius 1 is 0.714 bits per heavy atom. The average Bonchev–Trinajstić information content (AvgIpc) is 3.23. The SMILES string of the molecule is COc1ccc(-c2sc(=NC(=O)c3cc(OC)cc(OC)c3)n(C)c2-c2ccc(OC)cc2)cc1. The van der Waals surface area contributed by atoms with Gasteiger partial charge in [0.1, 0.15) is 23.0 Å². The smallest absolute Gasteiger partial charge is 0.279 e. The first-order valence-corrected chi connectivity index (χ1v) is 11.6. The largest absolute Gasteiger partial charge is 0.497 e. The van der Waals surface area contributed by atoms with Gasteiger partial charge in [-0.15, -0.1) is 0 Å². The Hall–Kier alpha value is -4.04. The molecule has 0 saturated carbocycles. The van der Waals surface area contributed by atoms with Crippen LogP contribution in [0, 0.1) is 0 Å². The standard InChI is InChI=1S/C27H26N2O5S/c1-29-24(17-6-10-20(31-2)11-7-17)25(18-8-12-21(32-3)13-9-18)35-27(29)28-26(30)19-14-22(33-4)16-23(15-19)34-5/h6-16H,1-5H3. The molecule has 180 valence electrons. The summed E-state index contributed by atoms with van der Waals surface area (Å²) in [5.41, 5.74) is 3.30. The first-order chi connectivity index (χ1) is 17.0. The molecule has 7 nitrogen and oxygen atoms in total. The molecule has 0 saturated heterocycles. The van der Waals surface area contributed by atoms with Gasteiger partial charge in [-0.3, -0.25) is 4.79 Å². The zero-order valence-corrected chi connectivity index (χ0v) is 21.0. The number of hydrogen-bond donors (Lipinski definition) is 0. The summed E-state index contributed by atoms with van der Waals surface area (Å²) >= 11 is 1.44. The Labute approximate surface area is 207 Å². The molecule has 4 rings (SSSR count). The van der Waals surface area contributed by atoms with Gasteiger partial charge in [-0.1, -0.05) is 11.3 Å². The highest BCUT2D eigenvalue weighted by atomic mass is 32.1. The fourth-order valence-electron chi connectivity index (χ4n) is 3.65. The minimum atomic E-state index is -0.387. The Bertz CT molecular complexity index is 1380. The lowest BCUT2D eigenvalue weighted by Gasteiger charge is -2.09. The summed E-state index contributed by atoms with van der Waals surface area (Å²) in [5, 5.41) is 0. The molecule has 0 spiro atoms. The molecule has 0 radical (unpaired) electrons. The lowest BCUT2D eigenvalue weighted by atomic mass is 10.1. The van der Waals surface area contributed by atoms with Crippen LogP contribution < -0.4 is 23.7 Å². The summed E-state index contributed by atoms with van der Waals surface area (Å²) in [4.78, 5) is 19.2. The fraction of sp³-hybridized carbons (Fsp3) is 0.185. The lowest BCUT2D eigenvalue weighted by molar-refractivity contribution is 0.0997.